The standard InChI is InChI=1S/C31H25N5O3S/c1-19(2)39-25-15-14-22(16-20(25)3)27-23(18-35(33-27)24-12-8-5-9-13-24)17-26-30(38)36-31(40-26)32-29(37)28(34-36)21-10-6-4-7-11-21/h4-19H,1-3H3. The monoisotopic (exact) mass is 547 g/mol. The number of benzene rings is 3. The fourth-order valence-corrected chi connectivity index (χ4v) is 5.34. The molecule has 0 aliphatic rings. The maximum atomic E-state index is 13.4. The van der Waals surface area contributed by atoms with Gasteiger partial charge in [-0.3, -0.25) is 9.59 Å². The Morgan fingerprint density at radius 2 is 1.60 bits per heavy atom. The molecule has 40 heavy (non-hydrogen) atoms. The molecule has 6 rings (SSSR count). The van der Waals surface area contributed by atoms with Crippen molar-refractivity contribution in [3.63, 3.8) is 0 Å². The van der Waals surface area contributed by atoms with Crippen molar-refractivity contribution >= 4 is 22.4 Å². The topological polar surface area (TPSA) is 91.4 Å². The predicted octanol–water partition coefficient (Wildman–Crippen LogP) is 4.67. The van der Waals surface area contributed by atoms with Crippen molar-refractivity contribution in [3.8, 4) is 34.0 Å². The summed E-state index contributed by atoms with van der Waals surface area (Å²) in [6, 6.07) is 24.7. The second-order valence-corrected chi connectivity index (χ2v) is 10.6. The Kier molecular flexibility index (Phi) is 6.57. The van der Waals surface area contributed by atoms with E-state index in [-0.39, 0.29) is 22.3 Å². The summed E-state index contributed by atoms with van der Waals surface area (Å²) in [4.78, 5) is 30.6. The Morgan fingerprint density at radius 1 is 0.875 bits per heavy atom. The van der Waals surface area contributed by atoms with Gasteiger partial charge in [0, 0.05) is 22.9 Å². The molecule has 3 aromatic carbocycles. The number of hydrogen-bond donors (Lipinski definition) is 0. The molecule has 0 aliphatic heterocycles. The van der Waals surface area contributed by atoms with Crippen LogP contribution < -0.4 is 20.4 Å². The van der Waals surface area contributed by atoms with Gasteiger partial charge in [0.1, 0.15) is 11.4 Å². The first-order chi connectivity index (χ1) is 19.4. The molecule has 9 heteroatoms. The van der Waals surface area contributed by atoms with E-state index in [2.05, 4.69) is 10.1 Å². The smallest absolute Gasteiger partial charge is 0.300 e. The van der Waals surface area contributed by atoms with Crippen molar-refractivity contribution in [1.82, 2.24) is 24.4 Å². The van der Waals surface area contributed by atoms with Crippen LogP contribution in [0.2, 0.25) is 0 Å². The van der Waals surface area contributed by atoms with Crippen LogP contribution in [0.1, 0.15) is 25.0 Å². The summed E-state index contributed by atoms with van der Waals surface area (Å²) in [5, 5.41) is 9.26. The minimum Gasteiger partial charge on any atom is -0.491 e. The van der Waals surface area contributed by atoms with Crippen LogP contribution in [0.15, 0.2) is 94.6 Å². The van der Waals surface area contributed by atoms with Crippen molar-refractivity contribution in [3.05, 3.63) is 121 Å². The summed E-state index contributed by atoms with van der Waals surface area (Å²) < 4.78 is 9.31. The van der Waals surface area contributed by atoms with Crippen LogP contribution in [-0.2, 0) is 0 Å². The van der Waals surface area contributed by atoms with Crippen molar-refractivity contribution < 1.29 is 4.74 Å². The number of para-hydroxylation sites is 1. The lowest BCUT2D eigenvalue weighted by Gasteiger charge is -2.13. The summed E-state index contributed by atoms with van der Waals surface area (Å²) in [5.74, 6) is 0.814. The second-order valence-electron chi connectivity index (χ2n) is 9.60. The molecule has 0 bridgehead atoms. The number of thiazole rings is 1. The molecular formula is C31H25N5O3S. The summed E-state index contributed by atoms with van der Waals surface area (Å²) in [6.45, 7) is 5.99. The highest BCUT2D eigenvalue weighted by Gasteiger charge is 2.16. The Balaban J connectivity index is 1.52. The maximum Gasteiger partial charge on any atom is 0.300 e. The van der Waals surface area contributed by atoms with E-state index in [1.807, 2.05) is 93.7 Å². The van der Waals surface area contributed by atoms with Gasteiger partial charge in [-0.05, 0) is 62.7 Å². The number of aryl methyl sites for hydroxylation is 1. The predicted molar refractivity (Wildman–Crippen MR) is 157 cm³/mol. The van der Waals surface area contributed by atoms with Gasteiger partial charge in [0.25, 0.3) is 5.56 Å². The number of hydrogen-bond acceptors (Lipinski definition) is 7. The molecule has 0 fully saturated rings. The van der Waals surface area contributed by atoms with Gasteiger partial charge in [0.05, 0.1) is 16.3 Å². The van der Waals surface area contributed by atoms with Crippen molar-refractivity contribution in [2.45, 2.75) is 26.9 Å². The Morgan fingerprint density at radius 3 is 2.30 bits per heavy atom. The third kappa shape index (κ3) is 4.83. The first-order valence-electron chi connectivity index (χ1n) is 12.8. The lowest BCUT2D eigenvalue weighted by molar-refractivity contribution is 0.241. The minimum absolute atomic E-state index is 0.0610. The van der Waals surface area contributed by atoms with E-state index in [4.69, 9.17) is 9.84 Å². The molecule has 0 saturated carbocycles. The molecule has 0 aliphatic carbocycles. The van der Waals surface area contributed by atoms with Crippen LogP contribution in [0.4, 0.5) is 0 Å². The van der Waals surface area contributed by atoms with Gasteiger partial charge in [0.2, 0.25) is 4.96 Å². The first kappa shape index (κ1) is 25.4. The van der Waals surface area contributed by atoms with E-state index >= 15 is 0 Å². The zero-order valence-corrected chi connectivity index (χ0v) is 22.9. The lowest BCUT2D eigenvalue weighted by atomic mass is 10.0. The van der Waals surface area contributed by atoms with Crippen LogP contribution in [0, 0.1) is 6.92 Å². The summed E-state index contributed by atoms with van der Waals surface area (Å²) >= 11 is 1.12. The van der Waals surface area contributed by atoms with Gasteiger partial charge in [-0.15, -0.1) is 0 Å². The highest BCUT2D eigenvalue weighted by atomic mass is 32.1. The summed E-state index contributed by atoms with van der Waals surface area (Å²) in [5.41, 5.74) is 4.14. The maximum absolute atomic E-state index is 13.4. The number of aromatic nitrogens is 5. The van der Waals surface area contributed by atoms with Gasteiger partial charge < -0.3 is 4.74 Å². The van der Waals surface area contributed by atoms with E-state index in [1.54, 1.807) is 22.9 Å². The molecule has 0 spiro atoms. The number of ether oxygens (including phenoxy) is 1. The van der Waals surface area contributed by atoms with Gasteiger partial charge in [-0.2, -0.15) is 19.7 Å². The van der Waals surface area contributed by atoms with E-state index in [0.717, 1.165) is 39.5 Å². The Labute approximate surface area is 233 Å². The van der Waals surface area contributed by atoms with Gasteiger partial charge in [-0.1, -0.05) is 59.9 Å². The zero-order chi connectivity index (χ0) is 27.8. The third-order valence-electron chi connectivity index (χ3n) is 6.29. The van der Waals surface area contributed by atoms with Gasteiger partial charge >= 0.3 is 5.56 Å². The fourth-order valence-electron chi connectivity index (χ4n) is 4.44. The van der Waals surface area contributed by atoms with E-state index in [9.17, 15) is 9.59 Å². The normalized spacial score (nSPS) is 11.9. The average molecular weight is 548 g/mol. The zero-order valence-electron chi connectivity index (χ0n) is 22.1. The highest BCUT2D eigenvalue weighted by Crippen LogP contribution is 2.29. The Hall–Kier alpha value is -4.89. The molecular weight excluding hydrogens is 522 g/mol. The summed E-state index contributed by atoms with van der Waals surface area (Å²) in [6.07, 6.45) is 3.74. The molecule has 198 valence electrons. The van der Waals surface area contributed by atoms with E-state index in [1.165, 1.54) is 4.52 Å². The molecule has 6 aromatic rings. The third-order valence-corrected chi connectivity index (χ3v) is 7.25. The van der Waals surface area contributed by atoms with Crippen molar-refractivity contribution in [2.75, 3.05) is 0 Å². The quantitative estimate of drug-likeness (QED) is 0.301. The first-order valence-corrected chi connectivity index (χ1v) is 13.6. The summed E-state index contributed by atoms with van der Waals surface area (Å²) in [7, 11) is 0. The van der Waals surface area contributed by atoms with Gasteiger partial charge in [0.15, 0.2) is 5.69 Å². The van der Waals surface area contributed by atoms with Crippen LogP contribution >= 0.6 is 11.3 Å². The molecule has 8 nitrogen and oxygen atoms in total. The highest BCUT2D eigenvalue weighted by molar-refractivity contribution is 7.15. The van der Waals surface area contributed by atoms with Crippen LogP contribution in [0.5, 0.6) is 5.75 Å². The lowest BCUT2D eigenvalue weighted by Crippen LogP contribution is -2.26. The van der Waals surface area contributed by atoms with Crippen LogP contribution in [0.3, 0.4) is 0 Å². The molecule has 0 amide bonds. The van der Waals surface area contributed by atoms with Crippen LogP contribution in [0.25, 0.3) is 39.2 Å². The molecule has 3 heterocycles. The van der Waals surface area contributed by atoms with Crippen molar-refractivity contribution in [2.24, 2.45) is 0 Å². The SMILES string of the molecule is Cc1cc(-c2nn(-c3ccccc3)cc2C=c2sc3nc(=O)c(-c4ccccc4)nn3c2=O)ccc1OC(C)C. The Bertz CT molecular complexity index is 2010. The molecule has 0 saturated heterocycles. The molecule has 0 atom stereocenters. The molecule has 0 N–H and O–H groups in total. The van der Waals surface area contributed by atoms with Gasteiger partial charge in [-0.25, -0.2) is 4.68 Å². The fraction of sp³-hybridized carbons (Fsp3) is 0.129. The van der Waals surface area contributed by atoms with E-state index < -0.39 is 5.56 Å². The minimum atomic E-state index is -0.476. The second kappa shape index (κ2) is 10.3. The molecule has 0 unspecified atom stereocenters. The van der Waals surface area contributed by atoms with Crippen LogP contribution in [-0.4, -0.2) is 30.5 Å². The number of nitrogens with zero attached hydrogens (tertiary/aromatic N) is 5. The van der Waals surface area contributed by atoms with E-state index in [0.29, 0.717) is 15.8 Å². The molecule has 3 aromatic heterocycles. The number of fused-ring (bicyclic) bond motifs is 1. The molecule has 0 radical (unpaired) electrons. The number of rotatable bonds is 6. The average Bonchev–Trinajstić information content (AvgIpc) is 3.51. The van der Waals surface area contributed by atoms with Crippen molar-refractivity contribution in [1.29, 1.82) is 0 Å². The largest absolute Gasteiger partial charge is 0.491 e.